The fraction of sp³-hybridized carbons (Fsp3) is 0.111. The number of hydrogen-bond donors (Lipinski definition) is 6. The Hall–Kier alpha value is -4.28. The normalized spacial score (nSPS) is 11.1. The van der Waals surface area contributed by atoms with E-state index in [1.807, 2.05) is 6.92 Å². The number of hydrogen-bond acceptors (Lipinski definition) is 8. The zero-order chi connectivity index (χ0) is 20.7. The summed E-state index contributed by atoms with van der Waals surface area (Å²) in [5, 5.41) is 0.131. The molecule has 0 fully saturated rings. The summed E-state index contributed by atoms with van der Waals surface area (Å²) in [6.45, 7) is 2.41. The molecule has 0 saturated heterocycles. The highest BCUT2D eigenvalue weighted by molar-refractivity contribution is 6.04. The van der Waals surface area contributed by atoms with Crippen molar-refractivity contribution in [1.82, 2.24) is 24.9 Å². The minimum absolute atomic E-state index is 0.00593. The van der Waals surface area contributed by atoms with Crippen LogP contribution in [0.4, 0.5) is 17.7 Å². The maximum atomic E-state index is 12.7. The van der Waals surface area contributed by atoms with Gasteiger partial charge in [-0.3, -0.25) is 19.6 Å². The third-order valence-corrected chi connectivity index (χ3v) is 4.35. The molecule has 0 bridgehead atoms. The van der Waals surface area contributed by atoms with Crippen LogP contribution in [-0.2, 0) is 0 Å². The summed E-state index contributed by atoms with van der Waals surface area (Å²) in [6, 6.07) is 7.11. The highest BCUT2D eigenvalue weighted by Gasteiger charge is 2.24. The molecular formula is C18H18N8O3. The van der Waals surface area contributed by atoms with Crippen molar-refractivity contribution in [3.8, 4) is 28.1 Å². The molecule has 11 nitrogen and oxygen atoms in total. The monoisotopic (exact) mass is 394 g/mol. The quantitative estimate of drug-likeness (QED) is 0.292. The van der Waals surface area contributed by atoms with E-state index in [0.29, 0.717) is 23.6 Å². The zero-order valence-electron chi connectivity index (χ0n) is 15.4. The molecule has 0 radical (unpaired) electrons. The molecule has 1 aromatic carbocycles. The predicted octanol–water partition coefficient (Wildman–Crippen LogP) is 0.814. The van der Waals surface area contributed by atoms with Crippen LogP contribution in [0.1, 0.15) is 6.92 Å². The van der Waals surface area contributed by atoms with Gasteiger partial charge >= 0.3 is 0 Å². The highest BCUT2D eigenvalue weighted by Crippen LogP contribution is 2.37. The smallest absolute Gasteiger partial charge is 0.262 e. The van der Waals surface area contributed by atoms with Crippen molar-refractivity contribution in [2.45, 2.75) is 6.92 Å². The van der Waals surface area contributed by atoms with Gasteiger partial charge in [0, 0.05) is 5.56 Å². The van der Waals surface area contributed by atoms with Gasteiger partial charge in [0.1, 0.15) is 17.2 Å². The summed E-state index contributed by atoms with van der Waals surface area (Å²) in [7, 11) is 0. The Balaban J connectivity index is 2.08. The van der Waals surface area contributed by atoms with E-state index in [0.717, 1.165) is 0 Å². The Labute approximate surface area is 163 Å². The number of aromatic amines is 3. The molecule has 0 amide bonds. The van der Waals surface area contributed by atoms with E-state index in [4.69, 9.17) is 21.9 Å². The predicted molar refractivity (Wildman–Crippen MR) is 110 cm³/mol. The van der Waals surface area contributed by atoms with Gasteiger partial charge in [-0.2, -0.15) is 9.97 Å². The SMILES string of the molecule is CCOc1ccc(-c2[nH]c3nc(N)[nH]c(=O)c3c2-c2c(N)nc(N)[nH]c2=O)cc1. The van der Waals surface area contributed by atoms with Gasteiger partial charge < -0.3 is 26.9 Å². The lowest BCUT2D eigenvalue weighted by molar-refractivity contribution is 0.340. The number of ether oxygens (including phenoxy) is 1. The van der Waals surface area contributed by atoms with Crippen LogP contribution < -0.4 is 33.1 Å². The van der Waals surface area contributed by atoms with E-state index in [1.165, 1.54) is 0 Å². The molecule has 3 heterocycles. The number of nitrogens with two attached hydrogens (primary N) is 3. The molecule has 4 rings (SSSR count). The first-order chi connectivity index (χ1) is 13.9. The molecule has 0 unspecified atom stereocenters. The van der Waals surface area contributed by atoms with Crippen molar-refractivity contribution in [2.75, 3.05) is 23.8 Å². The minimum atomic E-state index is -0.584. The second-order valence-corrected chi connectivity index (χ2v) is 6.22. The van der Waals surface area contributed by atoms with Crippen molar-refractivity contribution in [1.29, 1.82) is 0 Å². The van der Waals surface area contributed by atoms with Gasteiger partial charge in [-0.15, -0.1) is 0 Å². The maximum Gasteiger partial charge on any atom is 0.262 e. The summed E-state index contributed by atoms with van der Waals surface area (Å²) in [5.41, 5.74) is 17.7. The molecule has 3 aromatic heterocycles. The number of anilines is 3. The molecule has 0 saturated carbocycles. The Morgan fingerprint density at radius 2 is 1.55 bits per heavy atom. The summed E-state index contributed by atoms with van der Waals surface area (Å²) in [5.74, 6) is 0.372. The van der Waals surface area contributed by atoms with Crippen LogP contribution in [-0.4, -0.2) is 31.5 Å². The number of fused-ring (bicyclic) bond motifs is 1. The average Bonchev–Trinajstić information content (AvgIpc) is 3.01. The van der Waals surface area contributed by atoms with Gasteiger partial charge in [-0.1, -0.05) is 0 Å². The number of nitrogens with one attached hydrogen (secondary N) is 3. The van der Waals surface area contributed by atoms with Crippen molar-refractivity contribution >= 4 is 28.7 Å². The van der Waals surface area contributed by atoms with E-state index < -0.39 is 11.1 Å². The maximum absolute atomic E-state index is 12.7. The molecule has 0 aliphatic carbocycles. The average molecular weight is 394 g/mol. The van der Waals surface area contributed by atoms with Gasteiger partial charge in [0.25, 0.3) is 11.1 Å². The molecule has 0 spiro atoms. The number of benzene rings is 1. The minimum Gasteiger partial charge on any atom is -0.494 e. The van der Waals surface area contributed by atoms with Gasteiger partial charge in [0.05, 0.1) is 23.3 Å². The topological polar surface area (TPSA) is 195 Å². The van der Waals surface area contributed by atoms with E-state index in [1.54, 1.807) is 24.3 Å². The van der Waals surface area contributed by atoms with Crippen molar-refractivity contribution < 1.29 is 4.74 Å². The Morgan fingerprint density at radius 3 is 2.21 bits per heavy atom. The largest absolute Gasteiger partial charge is 0.494 e. The molecular weight excluding hydrogens is 376 g/mol. The molecule has 148 valence electrons. The van der Waals surface area contributed by atoms with Crippen molar-refractivity contribution in [3.63, 3.8) is 0 Å². The summed E-state index contributed by atoms with van der Waals surface area (Å²) < 4.78 is 5.46. The van der Waals surface area contributed by atoms with Crippen LogP contribution in [0.25, 0.3) is 33.4 Å². The van der Waals surface area contributed by atoms with E-state index in [2.05, 4.69) is 24.9 Å². The summed E-state index contributed by atoms with van der Waals surface area (Å²) in [6.07, 6.45) is 0. The fourth-order valence-corrected chi connectivity index (χ4v) is 3.22. The Bertz CT molecular complexity index is 1330. The highest BCUT2D eigenvalue weighted by atomic mass is 16.5. The number of aromatic nitrogens is 5. The van der Waals surface area contributed by atoms with Crippen molar-refractivity contribution in [2.24, 2.45) is 0 Å². The summed E-state index contributed by atoms with van der Waals surface area (Å²) >= 11 is 0. The fourth-order valence-electron chi connectivity index (χ4n) is 3.22. The standard InChI is InChI=1S/C18H18N8O3/c1-2-29-8-5-3-7(4-6-8)12-9(10-13(19)23-17(20)25-15(10)27)11-14(22-12)24-18(21)26-16(11)28/h3-6H,2H2,1H3,(H5,19,20,23,25,27)(H4,21,22,24,26,28). The van der Waals surface area contributed by atoms with Gasteiger partial charge in [-0.05, 0) is 36.8 Å². The first-order valence-corrected chi connectivity index (χ1v) is 8.69. The molecule has 11 heteroatoms. The zero-order valence-corrected chi connectivity index (χ0v) is 15.4. The van der Waals surface area contributed by atoms with Crippen molar-refractivity contribution in [3.05, 3.63) is 45.0 Å². The number of H-pyrrole nitrogens is 3. The van der Waals surface area contributed by atoms with Crippen LogP contribution in [0.5, 0.6) is 5.75 Å². The number of nitrogen functional groups attached to an aromatic ring is 3. The third-order valence-electron chi connectivity index (χ3n) is 4.35. The van der Waals surface area contributed by atoms with Gasteiger partial charge in [-0.25, -0.2) is 0 Å². The molecule has 0 atom stereocenters. The first-order valence-electron chi connectivity index (χ1n) is 8.69. The van der Waals surface area contributed by atoms with Crippen LogP contribution >= 0.6 is 0 Å². The molecule has 9 N–H and O–H groups in total. The lowest BCUT2D eigenvalue weighted by Crippen LogP contribution is -2.18. The first kappa shape index (κ1) is 18.1. The molecule has 0 aliphatic rings. The Kier molecular flexibility index (Phi) is 4.19. The van der Waals surface area contributed by atoms with Crippen LogP contribution in [0.2, 0.25) is 0 Å². The molecule has 0 aliphatic heterocycles. The van der Waals surface area contributed by atoms with Crippen LogP contribution in [0.3, 0.4) is 0 Å². The third kappa shape index (κ3) is 3.04. The van der Waals surface area contributed by atoms with E-state index in [9.17, 15) is 9.59 Å². The van der Waals surface area contributed by atoms with E-state index >= 15 is 0 Å². The number of nitrogens with zero attached hydrogens (tertiary/aromatic N) is 2. The van der Waals surface area contributed by atoms with Crippen LogP contribution in [0.15, 0.2) is 33.9 Å². The summed E-state index contributed by atoms with van der Waals surface area (Å²) in [4.78, 5) is 41.3. The van der Waals surface area contributed by atoms with Gasteiger partial charge in [0.2, 0.25) is 11.9 Å². The molecule has 4 aromatic rings. The van der Waals surface area contributed by atoms with Gasteiger partial charge in [0.15, 0.2) is 0 Å². The second kappa shape index (κ2) is 6.71. The molecule has 29 heavy (non-hydrogen) atoms. The van der Waals surface area contributed by atoms with Crippen LogP contribution in [0, 0.1) is 0 Å². The lowest BCUT2D eigenvalue weighted by atomic mass is 10.0. The second-order valence-electron chi connectivity index (χ2n) is 6.22. The Morgan fingerprint density at radius 1 is 0.897 bits per heavy atom. The number of rotatable bonds is 4. The lowest BCUT2D eigenvalue weighted by Gasteiger charge is -2.08. The van der Waals surface area contributed by atoms with E-state index in [-0.39, 0.29) is 39.9 Å².